The lowest BCUT2D eigenvalue weighted by molar-refractivity contribution is -0.137. The number of halogens is 3. The van der Waals surface area contributed by atoms with Crippen LogP contribution in [-0.2, 0) is 11.6 Å². The summed E-state index contributed by atoms with van der Waals surface area (Å²) in [6, 6.07) is 6.39. The molecule has 2 heterocycles. The molecule has 0 unspecified atom stereocenters. The molecule has 0 spiro atoms. The number of anilines is 1. The number of hydrogen-bond donors (Lipinski definition) is 1. The Morgan fingerprint density at radius 3 is 2.41 bits per heavy atom. The van der Waals surface area contributed by atoms with Crippen molar-refractivity contribution < 1.29 is 22.4 Å². The lowest BCUT2D eigenvalue weighted by Gasteiger charge is -2.17. The van der Waals surface area contributed by atoms with Gasteiger partial charge in [-0.3, -0.25) is 4.79 Å². The van der Waals surface area contributed by atoms with Gasteiger partial charge in [-0.25, -0.2) is 4.98 Å². The van der Waals surface area contributed by atoms with E-state index in [4.69, 9.17) is 4.42 Å². The lowest BCUT2D eigenvalue weighted by atomic mass is 9.86. The maximum absolute atomic E-state index is 12.7. The Kier molecular flexibility index (Phi) is 5.24. The number of carbonyl (C=O) groups excluding carboxylic acids is 1. The number of nitriles is 1. The quantitative estimate of drug-likeness (QED) is 0.578. The fraction of sp³-hybridized carbons (Fsp3) is 0.250. The second-order valence-corrected chi connectivity index (χ2v) is 8.16. The van der Waals surface area contributed by atoms with Gasteiger partial charge in [0.2, 0.25) is 5.89 Å². The number of hydrogen-bond acceptors (Lipinski definition) is 5. The van der Waals surface area contributed by atoms with Gasteiger partial charge in [-0.15, -0.1) is 11.3 Å². The molecule has 0 bridgehead atoms. The molecule has 0 aliphatic heterocycles. The van der Waals surface area contributed by atoms with E-state index in [1.165, 1.54) is 23.5 Å². The monoisotopic (exact) mass is 419 g/mol. The molecule has 5 nitrogen and oxygen atoms in total. The Morgan fingerprint density at radius 2 is 1.86 bits per heavy atom. The third-order valence-corrected chi connectivity index (χ3v) is 5.03. The molecule has 0 aliphatic rings. The number of amides is 1. The Hall–Kier alpha value is -3.12. The van der Waals surface area contributed by atoms with Crippen molar-refractivity contribution in [2.75, 3.05) is 5.32 Å². The fourth-order valence-electron chi connectivity index (χ4n) is 2.59. The van der Waals surface area contributed by atoms with E-state index in [0.717, 1.165) is 24.0 Å². The zero-order valence-electron chi connectivity index (χ0n) is 15.7. The van der Waals surface area contributed by atoms with Crippen molar-refractivity contribution in [2.24, 2.45) is 0 Å². The van der Waals surface area contributed by atoms with E-state index in [1.807, 2.05) is 26.2 Å². The molecule has 0 aliphatic carbocycles. The molecule has 0 fully saturated rings. The topological polar surface area (TPSA) is 78.9 Å². The summed E-state index contributed by atoms with van der Waals surface area (Å²) in [7, 11) is 0. The van der Waals surface area contributed by atoms with Gasteiger partial charge in [0.25, 0.3) is 5.91 Å². The summed E-state index contributed by atoms with van der Waals surface area (Å²) >= 11 is 1.24. The third-order valence-electron chi connectivity index (χ3n) is 4.13. The van der Waals surface area contributed by atoms with Crippen LogP contribution in [0, 0.1) is 11.3 Å². The van der Waals surface area contributed by atoms with Crippen molar-refractivity contribution in [3.05, 3.63) is 58.3 Å². The number of aromatic nitrogens is 1. The molecule has 3 rings (SSSR count). The molecule has 9 heteroatoms. The van der Waals surface area contributed by atoms with Crippen LogP contribution in [0.15, 0.2) is 40.3 Å². The fourth-order valence-corrected chi connectivity index (χ4v) is 3.72. The van der Waals surface area contributed by atoms with Crippen molar-refractivity contribution in [3.8, 4) is 17.5 Å². The summed E-state index contributed by atoms with van der Waals surface area (Å²) < 4.78 is 43.2. The van der Waals surface area contributed by atoms with Gasteiger partial charge in [-0.05, 0) is 40.6 Å². The van der Waals surface area contributed by atoms with E-state index in [-0.39, 0.29) is 17.0 Å². The van der Waals surface area contributed by atoms with Crippen molar-refractivity contribution in [1.29, 1.82) is 5.26 Å². The van der Waals surface area contributed by atoms with Crippen LogP contribution in [0.5, 0.6) is 0 Å². The Morgan fingerprint density at radius 1 is 1.21 bits per heavy atom. The number of nitrogens with one attached hydrogen (secondary N) is 1. The Bertz CT molecular complexity index is 1080. The second kappa shape index (κ2) is 7.37. The normalized spacial score (nSPS) is 11.9. The summed E-state index contributed by atoms with van der Waals surface area (Å²) in [5.74, 6) is -0.559. The smallest absolute Gasteiger partial charge is 0.416 e. The molecule has 150 valence electrons. The number of alkyl halides is 3. The van der Waals surface area contributed by atoms with Crippen molar-refractivity contribution in [1.82, 2.24) is 4.98 Å². The highest BCUT2D eigenvalue weighted by Crippen LogP contribution is 2.36. The second-order valence-electron chi connectivity index (χ2n) is 7.28. The van der Waals surface area contributed by atoms with E-state index in [2.05, 4.69) is 16.4 Å². The lowest BCUT2D eigenvalue weighted by Crippen LogP contribution is -2.14. The number of oxazole rings is 1. The van der Waals surface area contributed by atoms with Crippen LogP contribution in [-0.4, -0.2) is 10.9 Å². The summed E-state index contributed by atoms with van der Waals surface area (Å²) in [5, 5.41) is 14.3. The van der Waals surface area contributed by atoms with Crippen LogP contribution in [0.25, 0.3) is 11.5 Å². The molecule has 1 amide bonds. The SMILES string of the molecule is CC(C)(C)c1csc(NC(=O)c2coc(-c3ccc(C(F)(F)F)cc3)n2)c1C#N. The Balaban J connectivity index is 1.80. The number of thiophene rings is 1. The van der Waals surface area contributed by atoms with E-state index in [0.29, 0.717) is 16.1 Å². The average molecular weight is 419 g/mol. The van der Waals surface area contributed by atoms with Crippen molar-refractivity contribution >= 4 is 22.2 Å². The first-order valence-electron chi connectivity index (χ1n) is 8.47. The molecule has 1 aromatic carbocycles. The first kappa shape index (κ1) is 20.6. The molecular weight excluding hydrogens is 403 g/mol. The summed E-state index contributed by atoms with van der Waals surface area (Å²) in [4.78, 5) is 16.5. The molecule has 1 N–H and O–H groups in total. The molecule has 29 heavy (non-hydrogen) atoms. The zero-order chi connectivity index (χ0) is 21.4. The molecule has 3 aromatic rings. The van der Waals surface area contributed by atoms with Crippen LogP contribution in [0.4, 0.5) is 18.2 Å². The molecule has 0 saturated heterocycles. The minimum Gasteiger partial charge on any atom is -0.444 e. The highest BCUT2D eigenvalue weighted by Gasteiger charge is 2.30. The van der Waals surface area contributed by atoms with Gasteiger partial charge in [-0.1, -0.05) is 20.8 Å². The van der Waals surface area contributed by atoms with E-state index in [1.54, 1.807) is 0 Å². The Labute approximate surface area is 168 Å². The minimum atomic E-state index is -4.44. The van der Waals surface area contributed by atoms with E-state index < -0.39 is 17.6 Å². The van der Waals surface area contributed by atoms with Crippen molar-refractivity contribution in [3.63, 3.8) is 0 Å². The predicted molar refractivity (Wildman–Crippen MR) is 103 cm³/mol. The molecule has 0 radical (unpaired) electrons. The molecule has 2 aromatic heterocycles. The van der Waals surface area contributed by atoms with Crippen molar-refractivity contribution in [2.45, 2.75) is 32.4 Å². The number of nitrogens with zero attached hydrogens (tertiary/aromatic N) is 2. The molecule has 0 saturated carbocycles. The van der Waals surface area contributed by atoms with Gasteiger partial charge in [-0.2, -0.15) is 18.4 Å². The first-order chi connectivity index (χ1) is 13.5. The molecule has 0 atom stereocenters. The van der Waals surface area contributed by atoms with Gasteiger partial charge >= 0.3 is 6.18 Å². The largest absolute Gasteiger partial charge is 0.444 e. The van der Waals surface area contributed by atoms with Gasteiger partial charge in [0.15, 0.2) is 5.69 Å². The summed E-state index contributed by atoms with van der Waals surface area (Å²) in [6.07, 6.45) is -3.32. The average Bonchev–Trinajstić information content (AvgIpc) is 3.27. The number of rotatable bonds is 3. The van der Waals surface area contributed by atoms with Gasteiger partial charge in [0.1, 0.15) is 17.3 Å². The van der Waals surface area contributed by atoms with E-state index in [9.17, 15) is 23.2 Å². The predicted octanol–water partition coefficient (Wildman–Crippen LogP) is 5.84. The zero-order valence-corrected chi connectivity index (χ0v) is 16.5. The first-order valence-corrected chi connectivity index (χ1v) is 9.35. The van der Waals surface area contributed by atoms with Crippen LogP contribution >= 0.6 is 11.3 Å². The summed E-state index contributed by atoms with van der Waals surface area (Å²) in [5.41, 5.74) is 0.430. The van der Waals surface area contributed by atoms with Gasteiger partial charge in [0.05, 0.1) is 11.1 Å². The van der Waals surface area contributed by atoms with Crippen LogP contribution < -0.4 is 5.32 Å². The standard InChI is InChI=1S/C20H16F3N3O2S/c1-19(2,3)14-10-29-18(13(14)8-24)26-16(27)15-9-28-17(25-15)11-4-6-12(7-5-11)20(21,22)23/h4-7,9-10H,1-3H3,(H,26,27). The maximum atomic E-state index is 12.7. The maximum Gasteiger partial charge on any atom is 0.416 e. The summed E-state index contributed by atoms with van der Waals surface area (Å²) in [6.45, 7) is 5.90. The number of carbonyl (C=O) groups is 1. The highest BCUT2D eigenvalue weighted by molar-refractivity contribution is 7.14. The van der Waals surface area contributed by atoms with Gasteiger partial charge in [0, 0.05) is 5.56 Å². The van der Waals surface area contributed by atoms with Crippen LogP contribution in [0.3, 0.4) is 0 Å². The number of benzene rings is 1. The van der Waals surface area contributed by atoms with Gasteiger partial charge < -0.3 is 9.73 Å². The minimum absolute atomic E-state index is 0.0194. The molecular formula is C20H16F3N3O2S. The third kappa shape index (κ3) is 4.32. The van der Waals surface area contributed by atoms with Crippen LogP contribution in [0.1, 0.15) is 48.0 Å². The van der Waals surface area contributed by atoms with Crippen LogP contribution in [0.2, 0.25) is 0 Å². The van der Waals surface area contributed by atoms with E-state index >= 15 is 0 Å². The highest BCUT2D eigenvalue weighted by atomic mass is 32.1.